The highest BCUT2D eigenvalue weighted by Crippen LogP contribution is 2.56. The van der Waals surface area contributed by atoms with Crippen molar-refractivity contribution in [1.82, 2.24) is 24.6 Å². The molecule has 2 aromatic heterocycles. The van der Waals surface area contributed by atoms with Gasteiger partial charge in [-0.15, -0.1) is 0 Å². The minimum absolute atomic E-state index is 0.00493. The van der Waals surface area contributed by atoms with E-state index in [9.17, 15) is 9.59 Å². The monoisotopic (exact) mass is 662 g/mol. The SMILES string of the molecule is CN(Cc1cnn(C2CCN(C(=O)OC(C)(C)C)C2)c1)C(=O)c1cccc(-c2cnc3c(c2Cl)C2(CCCC2)C(C(C)(C)C)=N3)c1F. The number of carbonyl (C=O) groups excluding carboxylic acids is 2. The summed E-state index contributed by atoms with van der Waals surface area (Å²) in [5, 5.41) is 4.97. The van der Waals surface area contributed by atoms with Crippen molar-refractivity contribution in [3.63, 3.8) is 0 Å². The van der Waals surface area contributed by atoms with E-state index in [0.717, 1.165) is 48.9 Å². The largest absolute Gasteiger partial charge is 0.444 e. The number of hydrogen-bond acceptors (Lipinski definition) is 6. The highest BCUT2D eigenvalue weighted by atomic mass is 35.5. The van der Waals surface area contributed by atoms with E-state index in [2.05, 4.69) is 30.9 Å². The van der Waals surface area contributed by atoms with Crippen LogP contribution in [-0.4, -0.2) is 68.0 Å². The molecule has 11 heteroatoms. The number of pyridine rings is 1. The van der Waals surface area contributed by atoms with Crippen molar-refractivity contribution >= 4 is 35.1 Å². The Labute approximate surface area is 281 Å². The quantitative estimate of drug-likeness (QED) is 0.275. The zero-order valence-electron chi connectivity index (χ0n) is 28.4. The second-order valence-electron chi connectivity index (χ2n) is 15.2. The highest BCUT2D eigenvalue weighted by Gasteiger charge is 2.51. The molecule has 0 radical (unpaired) electrons. The average molecular weight is 663 g/mol. The smallest absolute Gasteiger partial charge is 0.410 e. The van der Waals surface area contributed by atoms with E-state index >= 15 is 4.39 Å². The third-order valence-electron chi connectivity index (χ3n) is 9.44. The number of fused-ring (bicyclic) bond motifs is 2. The third kappa shape index (κ3) is 6.17. The molecule has 2 aliphatic heterocycles. The van der Waals surface area contributed by atoms with Gasteiger partial charge in [-0.2, -0.15) is 5.10 Å². The molecular formula is C36H44ClFN6O3. The van der Waals surface area contributed by atoms with Gasteiger partial charge in [0.15, 0.2) is 5.82 Å². The summed E-state index contributed by atoms with van der Waals surface area (Å²) in [5.74, 6) is -0.467. The summed E-state index contributed by atoms with van der Waals surface area (Å²) in [6, 6.07) is 4.83. The molecule has 1 unspecified atom stereocenters. The lowest BCUT2D eigenvalue weighted by Crippen LogP contribution is -2.38. The Hall–Kier alpha value is -3.79. The summed E-state index contributed by atoms with van der Waals surface area (Å²) in [5.41, 5.74) is 2.43. The predicted molar refractivity (Wildman–Crippen MR) is 181 cm³/mol. The molecule has 0 N–H and O–H groups in total. The maximum atomic E-state index is 16.3. The Bertz CT molecular complexity index is 1750. The van der Waals surface area contributed by atoms with Crippen molar-refractivity contribution in [2.45, 2.75) is 97.2 Å². The van der Waals surface area contributed by atoms with Crippen LogP contribution < -0.4 is 0 Å². The van der Waals surface area contributed by atoms with Gasteiger partial charge in [0.25, 0.3) is 5.91 Å². The van der Waals surface area contributed by atoms with Gasteiger partial charge in [0, 0.05) is 77.9 Å². The van der Waals surface area contributed by atoms with Crippen molar-refractivity contribution in [3.05, 3.63) is 64.3 Å². The van der Waals surface area contributed by atoms with Crippen molar-refractivity contribution in [1.29, 1.82) is 0 Å². The molecule has 2 fully saturated rings. The van der Waals surface area contributed by atoms with Crippen LogP contribution in [0.3, 0.4) is 0 Å². The summed E-state index contributed by atoms with van der Waals surface area (Å²) >= 11 is 7.14. The van der Waals surface area contributed by atoms with Crippen LogP contribution in [0.15, 0.2) is 41.8 Å². The molecule has 0 bridgehead atoms. The molecule has 1 saturated carbocycles. The molecule has 1 saturated heterocycles. The normalized spacial score (nSPS) is 18.9. The van der Waals surface area contributed by atoms with Crippen LogP contribution in [0, 0.1) is 11.2 Å². The summed E-state index contributed by atoms with van der Waals surface area (Å²) in [6.07, 6.45) is 9.60. The van der Waals surface area contributed by atoms with Crippen molar-refractivity contribution in [3.8, 4) is 11.1 Å². The Balaban J connectivity index is 1.19. The molecule has 1 aromatic carbocycles. The van der Waals surface area contributed by atoms with Crippen LogP contribution in [0.1, 0.15) is 101 Å². The molecule has 1 spiro atoms. The number of carbonyl (C=O) groups is 2. The fourth-order valence-corrected chi connectivity index (χ4v) is 7.84. The number of aromatic nitrogens is 3. The number of hydrogen-bond donors (Lipinski definition) is 0. The molecule has 1 aliphatic carbocycles. The summed E-state index contributed by atoms with van der Waals surface area (Å²) in [4.78, 5) is 38.9. The highest BCUT2D eigenvalue weighted by molar-refractivity contribution is 6.35. The maximum absolute atomic E-state index is 16.3. The molecule has 3 aromatic rings. The molecule has 1 atom stereocenters. The van der Waals surface area contributed by atoms with E-state index in [4.69, 9.17) is 21.3 Å². The number of amides is 2. The first kappa shape index (κ1) is 33.1. The lowest BCUT2D eigenvalue weighted by atomic mass is 9.68. The number of halogens is 2. The van der Waals surface area contributed by atoms with Gasteiger partial charge in [0.2, 0.25) is 0 Å². The van der Waals surface area contributed by atoms with Crippen LogP contribution in [0.25, 0.3) is 11.1 Å². The van der Waals surface area contributed by atoms with E-state index in [-0.39, 0.29) is 40.6 Å². The first-order valence-corrected chi connectivity index (χ1v) is 16.8. The predicted octanol–water partition coefficient (Wildman–Crippen LogP) is 8.14. The molecule has 250 valence electrons. The Morgan fingerprint density at radius 2 is 1.83 bits per heavy atom. The minimum atomic E-state index is -0.632. The van der Waals surface area contributed by atoms with E-state index in [0.29, 0.717) is 29.5 Å². The molecule has 4 heterocycles. The van der Waals surface area contributed by atoms with Crippen molar-refractivity contribution in [2.75, 3.05) is 20.1 Å². The number of rotatable bonds is 5. The first-order chi connectivity index (χ1) is 22.1. The fourth-order valence-electron chi connectivity index (χ4n) is 7.42. The lowest BCUT2D eigenvalue weighted by Gasteiger charge is -2.34. The molecule has 6 rings (SSSR count). The minimum Gasteiger partial charge on any atom is -0.444 e. The maximum Gasteiger partial charge on any atom is 0.410 e. The van der Waals surface area contributed by atoms with E-state index in [1.54, 1.807) is 36.5 Å². The number of likely N-dealkylation sites (tertiary alicyclic amines) is 1. The van der Waals surface area contributed by atoms with Gasteiger partial charge in [0.1, 0.15) is 11.4 Å². The number of nitrogens with zero attached hydrogens (tertiary/aromatic N) is 6. The summed E-state index contributed by atoms with van der Waals surface area (Å²) in [7, 11) is 1.64. The standard InChI is InChI=1S/C36H44ClFN6O3/c1-34(2,3)32-36(14-8-9-15-36)27-28(37)26(18-39-30(27)41-32)24-11-10-12-25(29(24)38)31(45)42(7)19-22-17-40-44(20-22)23-13-16-43(21-23)33(46)47-35(4,5)6/h10-12,17-18,20,23H,8-9,13-16,19,21H2,1-7H3. The van der Waals surface area contributed by atoms with Gasteiger partial charge in [-0.05, 0) is 46.1 Å². The lowest BCUT2D eigenvalue weighted by molar-refractivity contribution is 0.0288. The van der Waals surface area contributed by atoms with Crippen LogP contribution >= 0.6 is 11.6 Å². The number of benzene rings is 1. The Kier molecular flexibility index (Phi) is 8.47. The second-order valence-corrected chi connectivity index (χ2v) is 15.6. The molecule has 47 heavy (non-hydrogen) atoms. The number of ether oxygens (including phenoxy) is 1. The van der Waals surface area contributed by atoms with Crippen LogP contribution in [-0.2, 0) is 16.7 Å². The molecule has 2 amide bonds. The van der Waals surface area contributed by atoms with Gasteiger partial charge in [-0.3, -0.25) is 9.48 Å². The zero-order chi connectivity index (χ0) is 33.9. The summed E-state index contributed by atoms with van der Waals surface area (Å²) < 4.78 is 23.6. The topological polar surface area (TPSA) is 92.9 Å². The third-order valence-corrected chi connectivity index (χ3v) is 9.84. The van der Waals surface area contributed by atoms with E-state index in [1.807, 2.05) is 31.6 Å². The second kappa shape index (κ2) is 12.0. The zero-order valence-corrected chi connectivity index (χ0v) is 29.1. The fraction of sp³-hybridized carbons (Fsp3) is 0.528. The van der Waals surface area contributed by atoms with Gasteiger partial charge in [0.05, 0.1) is 22.8 Å². The Morgan fingerprint density at radius 1 is 1.11 bits per heavy atom. The first-order valence-electron chi connectivity index (χ1n) is 16.4. The van der Waals surface area contributed by atoms with Gasteiger partial charge in [-0.25, -0.2) is 19.2 Å². The Morgan fingerprint density at radius 3 is 2.51 bits per heavy atom. The van der Waals surface area contributed by atoms with Crippen molar-refractivity contribution < 1.29 is 18.7 Å². The van der Waals surface area contributed by atoms with Crippen molar-refractivity contribution in [2.24, 2.45) is 10.4 Å². The van der Waals surface area contributed by atoms with Gasteiger partial charge in [-0.1, -0.05) is 57.3 Å². The van der Waals surface area contributed by atoms with Gasteiger partial charge >= 0.3 is 6.09 Å². The number of aliphatic imine (C=N–C) groups is 1. The van der Waals surface area contributed by atoms with Crippen LogP contribution in [0.4, 0.5) is 15.0 Å². The van der Waals surface area contributed by atoms with E-state index < -0.39 is 17.3 Å². The van der Waals surface area contributed by atoms with E-state index in [1.165, 1.54) is 11.0 Å². The summed E-state index contributed by atoms with van der Waals surface area (Å²) in [6.45, 7) is 13.3. The molecule has 9 nitrogen and oxygen atoms in total. The molecular weight excluding hydrogens is 619 g/mol. The molecule has 3 aliphatic rings. The van der Waals surface area contributed by atoms with Gasteiger partial charge < -0.3 is 14.5 Å². The van der Waals surface area contributed by atoms with Crippen LogP contribution in [0.2, 0.25) is 5.02 Å². The average Bonchev–Trinajstić information content (AvgIpc) is 3.80. The van der Waals surface area contributed by atoms with Crippen LogP contribution in [0.5, 0.6) is 0 Å².